The van der Waals surface area contributed by atoms with Crippen molar-refractivity contribution in [2.24, 2.45) is 5.92 Å². The van der Waals surface area contributed by atoms with Crippen molar-refractivity contribution < 1.29 is 24.5 Å². The van der Waals surface area contributed by atoms with Gasteiger partial charge in [0.1, 0.15) is 11.9 Å². The number of hydrogen-bond donors (Lipinski definition) is 3. The number of rotatable bonds is 8. The van der Waals surface area contributed by atoms with Crippen LogP contribution in [-0.4, -0.2) is 22.3 Å². The van der Waals surface area contributed by atoms with E-state index < -0.39 is 18.2 Å². The van der Waals surface area contributed by atoms with Gasteiger partial charge in [-0.15, -0.1) is 0 Å². The third kappa shape index (κ3) is 7.27. The molecule has 0 fully saturated rings. The highest BCUT2D eigenvalue weighted by Gasteiger charge is 2.26. The summed E-state index contributed by atoms with van der Waals surface area (Å²) in [6.45, 7) is 3.84. The standard InChI is InChI=1S/C22H24BrNO5/c1-14-7-10-17(11-8-14)24-22(28)29-21(15(2)5-3-4-6-20(26)27)18-13-16(23)9-12-19(18)25/h4,6-13,15,21,25H,3,5H2,1-2H3,(H,24,28)(H,26,27)/b6-4+/t15-,21-/m1/s1. The van der Waals surface area contributed by atoms with Crippen LogP contribution in [0, 0.1) is 12.8 Å². The van der Waals surface area contributed by atoms with E-state index in [9.17, 15) is 14.7 Å². The van der Waals surface area contributed by atoms with Crippen LogP contribution >= 0.6 is 15.9 Å². The highest BCUT2D eigenvalue weighted by atomic mass is 79.9. The molecule has 1 amide bonds. The normalized spacial score (nSPS) is 13.1. The third-order valence-electron chi connectivity index (χ3n) is 4.39. The first-order valence-electron chi connectivity index (χ1n) is 9.18. The number of anilines is 1. The molecule has 3 N–H and O–H groups in total. The SMILES string of the molecule is Cc1ccc(NC(=O)O[C@@H](c2cc(Br)ccc2O)[C@H](C)CC/C=C/C(=O)O)cc1. The third-order valence-corrected chi connectivity index (χ3v) is 4.89. The van der Waals surface area contributed by atoms with Crippen LogP contribution in [0.5, 0.6) is 5.75 Å². The van der Waals surface area contributed by atoms with Crippen molar-refractivity contribution in [2.75, 3.05) is 5.32 Å². The molecule has 2 aromatic carbocycles. The van der Waals surface area contributed by atoms with Crippen LogP contribution in [0.3, 0.4) is 0 Å². The number of amides is 1. The molecule has 0 aromatic heterocycles. The molecule has 2 aromatic rings. The van der Waals surface area contributed by atoms with Gasteiger partial charge in [-0.2, -0.15) is 0 Å². The lowest BCUT2D eigenvalue weighted by Gasteiger charge is -2.25. The maximum Gasteiger partial charge on any atom is 0.412 e. The Labute approximate surface area is 178 Å². The Balaban J connectivity index is 2.17. The van der Waals surface area contributed by atoms with Crippen molar-refractivity contribution in [1.29, 1.82) is 0 Å². The molecule has 0 saturated carbocycles. The largest absolute Gasteiger partial charge is 0.508 e. The van der Waals surface area contributed by atoms with Gasteiger partial charge in [0.2, 0.25) is 0 Å². The summed E-state index contributed by atoms with van der Waals surface area (Å²) in [7, 11) is 0. The topological polar surface area (TPSA) is 95.9 Å². The molecule has 0 unspecified atom stereocenters. The maximum atomic E-state index is 12.5. The van der Waals surface area contributed by atoms with Gasteiger partial charge in [-0.1, -0.05) is 46.6 Å². The van der Waals surface area contributed by atoms with E-state index in [0.717, 1.165) is 16.1 Å². The molecule has 0 aliphatic carbocycles. The molecular weight excluding hydrogens is 438 g/mol. The fourth-order valence-corrected chi connectivity index (χ4v) is 3.21. The summed E-state index contributed by atoms with van der Waals surface area (Å²) < 4.78 is 6.42. The average Bonchev–Trinajstić information content (AvgIpc) is 2.67. The minimum absolute atomic E-state index is 0.0225. The number of carbonyl (C=O) groups is 2. The molecule has 0 radical (unpaired) electrons. The van der Waals surface area contributed by atoms with E-state index in [2.05, 4.69) is 21.2 Å². The Bertz CT molecular complexity index is 879. The summed E-state index contributed by atoms with van der Waals surface area (Å²) in [5.41, 5.74) is 2.16. The lowest BCUT2D eigenvalue weighted by atomic mass is 9.92. The first-order chi connectivity index (χ1) is 13.8. The van der Waals surface area contributed by atoms with Gasteiger partial charge in [-0.05, 0) is 56.0 Å². The minimum atomic E-state index is -1.01. The number of carboxylic acids is 1. The number of ether oxygens (including phenoxy) is 1. The van der Waals surface area contributed by atoms with E-state index in [-0.39, 0.29) is 11.7 Å². The van der Waals surface area contributed by atoms with Gasteiger partial charge in [0.15, 0.2) is 0 Å². The zero-order valence-electron chi connectivity index (χ0n) is 16.3. The molecule has 2 atom stereocenters. The molecule has 0 bridgehead atoms. The molecule has 0 aliphatic rings. The van der Waals surface area contributed by atoms with E-state index >= 15 is 0 Å². The molecule has 0 heterocycles. The maximum absolute atomic E-state index is 12.5. The van der Waals surface area contributed by atoms with Gasteiger partial charge in [0.05, 0.1) is 0 Å². The smallest absolute Gasteiger partial charge is 0.412 e. The first kappa shape index (κ1) is 22.5. The lowest BCUT2D eigenvalue weighted by molar-refractivity contribution is -0.131. The number of aromatic hydroxyl groups is 1. The number of carboxylic acid groups (broad SMARTS) is 1. The van der Waals surface area contributed by atoms with Crippen molar-refractivity contribution in [2.45, 2.75) is 32.8 Å². The summed E-state index contributed by atoms with van der Waals surface area (Å²) in [4.78, 5) is 23.1. The number of phenols is 1. The number of aryl methyl sites for hydroxylation is 1. The molecule has 0 aliphatic heterocycles. The number of carbonyl (C=O) groups excluding carboxylic acids is 1. The number of allylic oxidation sites excluding steroid dienone is 1. The number of aliphatic carboxylic acids is 1. The Morgan fingerprint density at radius 2 is 1.90 bits per heavy atom. The second kappa shape index (κ2) is 10.7. The van der Waals surface area contributed by atoms with Gasteiger partial charge < -0.3 is 14.9 Å². The van der Waals surface area contributed by atoms with E-state index in [1.807, 2.05) is 26.0 Å². The molecule has 0 spiro atoms. The number of benzene rings is 2. The van der Waals surface area contributed by atoms with Crippen molar-refractivity contribution >= 4 is 33.7 Å². The van der Waals surface area contributed by atoms with Crippen LogP contribution in [0.15, 0.2) is 59.1 Å². The minimum Gasteiger partial charge on any atom is -0.508 e. The molecule has 29 heavy (non-hydrogen) atoms. The fraction of sp³-hybridized carbons (Fsp3) is 0.273. The second-order valence-corrected chi connectivity index (χ2v) is 7.73. The number of hydrogen-bond acceptors (Lipinski definition) is 4. The summed E-state index contributed by atoms with van der Waals surface area (Å²) in [5, 5.41) is 21.7. The van der Waals surface area contributed by atoms with Crippen LogP contribution in [0.2, 0.25) is 0 Å². The lowest BCUT2D eigenvalue weighted by Crippen LogP contribution is -2.22. The van der Waals surface area contributed by atoms with E-state index in [1.54, 1.807) is 30.3 Å². The highest BCUT2D eigenvalue weighted by molar-refractivity contribution is 9.10. The summed E-state index contributed by atoms with van der Waals surface area (Å²) >= 11 is 3.38. The summed E-state index contributed by atoms with van der Waals surface area (Å²) in [6, 6.07) is 12.3. The van der Waals surface area contributed by atoms with Gasteiger partial charge in [-0.25, -0.2) is 9.59 Å². The molecule has 6 nitrogen and oxygen atoms in total. The zero-order valence-corrected chi connectivity index (χ0v) is 17.8. The van der Waals surface area contributed by atoms with E-state index in [0.29, 0.717) is 24.1 Å². The molecule has 154 valence electrons. The van der Waals surface area contributed by atoms with Gasteiger partial charge in [-0.3, -0.25) is 5.32 Å². The highest BCUT2D eigenvalue weighted by Crippen LogP contribution is 2.36. The monoisotopic (exact) mass is 461 g/mol. The second-order valence-electron chi connectivity index (χ2n) is 6.82. The van der Waals surface area contributed by atoms with Crippen LogP contribution in [0.25, 0.3) is 0 Å². The summed E-state index contributed by atoms with van der Waals surface area (Å²) in [6.07, 6.45) is 2.37. The van der Waals surface area contributed by atoms with Crippen molar-refractivity contribution in [3.63, 3.8) is 0 Å². The molecule has 0 saturated heterocycles. The average molecular weight is 462 g/mol. The quantitative estimate of drug-likeness (QED) is 0.431. The number of nitrogens with one attached hydrogen (secondary N) is 1. The van der Waals surface area contributed by atoms with E-state index in [1.165, 1.54) is 6.07 Å². The predicted octanol–water partition coefficient (Wildman–Crippen LogP) is 5.81. The van der Waals surface area contributed by atoms with Gasteiger partial charge in [0.25, 0.3) is 0 Å². The van der Waals surface area contributed by atoms with Gasteiger partial charge >= 0.3 is 12.1 Å². The molecule has 2 rings (SSSR count). The Kier molecular flexibility index (Phi) is 8.27. The van der Waals surface area contributed by atoms with Crippen LogP contribution < -0.4 is 5.32 Å². The number of phenolic OH excluding ortho intramolecular Hbond substituents is 1. The Morgan fingerprint density at radius 3 is 2.55 bits per heavy atom. The Hall–Kier alpha value is -2.80. The van der Waals surface area contributed by atoms with Crippen molar-refractivity contribution in [3.05, 3.63) is 70.2 Å². The zero-order chi connectivity index (χ0) is 21.4. The summed E-state index contributed by atoms with van der Waals surface area (Å²) in [5.74, 6) is -1.15. The van der Waals surface area contributed by atoms with E-state index in [4.69, 9.17) is 9.84 Å². The van der Waals surface area contributed by atoms with Crippen LogP contribution in [0.4, 0.5) is 10.5 Å². The number of halogens is 1. The van der Waals surface area contributed by atoms with Crippen LogP contribution in [0.1, 0.15) is 37.0 Å². The molecular formula is C22H24BrNO5. The fourth-order valence-electron chi connectivity index (χ4n) is 2.83. The predicted molar refractivity (Wildman–Crippen MR) is 115 cm³/mol. The van der Waals surface area contributed by atoms with Crippen LogP contribution in [-0.2, 0) is 9.53 Å². The Morgan fingerprint density at radius 1 is 1.21 bits per heavy atom. The van der Waals surface area contributed by atoms with Gasteiger partial charge in [0, 0.05) is 21.8 Å². The first-order valence-corrected chi connectivity index (χ1v) is 9.97. The molecule has 7 heteroatoms. The van der Waals surface area contributed by atoms with Crippen molar-refractivity contribution in [1.82, 2.24) is 0 Å². The van der Waals surface area contributed by atoms with Crippen molar-refractivity contribution in [3.8, 4) is 5.75 Å².